The number of nitrogens with zero attached hydrogens (tertiary/aromatic N) is 1. The van der Waals surface area contributed by atoms with E-state index in [0.717, 1.165) is 6.04 Å². The van der Waals surface area contributed by atoms with Crippen LogP contribution < -0.4 is 24.0 Å². The monoisotopic (exact) mass is 1440 g/mol. The van der Waals surface area contributed by atoms with Gasteiger partial charge < -0.3 is 202 Å². The number of rotatable bonds is 7. The lowest BCUT2D eigenvalue weighted by Crippen LogP contribution is -3.00. The largest absolute Gasteiger partial charge is 1.00 e. The molecule has 21 N–H and O–H groups in total. The first-order valence-corrected chi connectivity index (χ1v) is 30.2. The molecule has 16 bridgehead atoms. The third-order valence-corrected chi connectivity index (χ3v) is 19.0. The first-order chi connectivity index (χ1) is 42.4. The maximum Gasteiger partial charge on any atom is 0.187 e. The van der Waals surface area contributed by atoms with Gasteiger partial charge in [0.25, 0.3) is 0 Å². The molecule has 0 amide bonds. The van der Waals surface area contributed by atoms with Gasteiger partial charge in [0, 0.05) is 18.3 Å². The van der Waals surface area contributed by atoms with E-state index in [-0.39, 0.29) is 24.0 Å². The molecule has 1 aliphatic carbocycles. The molecule has 37 atom stereocenters. The van der Waals surface area contributed by atoms with Crippen molar-refractivity contribution >= 4 is 0 Å². The van der Waals surface area contributed by atoms with E-state index < -0.39 is 261 Å². The van der Waals surface area contributed by atoms with Crippen LogP contribution in [-0.2, 0) is 66.3 Å². The molecule has 2 unspecified atom stereocenters. The molecule has 1 saturated carbocycles. The minimum atomic E-state index is -2.21. The fourth-order valence-corrected chi connectivity index (χ4v) is 14.7. The molecule has 532 valence electrons. The second-order valence-electron chi connectivity index (χ2n) is 26.8. The highest BCUT2D eigenvalue weighted by Gasteiger charge is 2.61. The van der Waals surface area contributed by atoms with Crippen molar-refractivity contribution in [3.05, 3.63) is 0 Å². The van der Waals surface area contributed by atoms with E-state index in [1.165, 1.54) is 30.3 Å². The van der Waals surface area contributed by atoms with Crippen LogP contribution in [0.5, 0.6) is 0 Å². The van der Waals surface area contributed by atoms with Crippen molar-refractivity contribution in [2.75, 3.05) is 66.9 Å². The number of fused-ring (bicyclic) bond motifs is 2. The van der Waals surface area contributed by atoms with Gasteiger partial charge in [-0.2, -0.15) is 0 Å². The Morgan fingerprint density at radius 3 is 0.615 bits per heavy atom. The van der Waals surface area contributed by atoms with Crippen LogP contribution in [0.2, 0.25) is 0 Å². The third kappa shape index (κ3) is 15.5. The Hall–Kier alpha value is -0.710. The van der Waals surface area contributed by atoms with Crippen molar-refractivity contribution in [3.63, 3.8) is 0 Å². The first kappa shape index (κ1) is 76.1. The Bertz CT molecular complexity index is 1910. The Morgan fingerprint density at radius 1 is 0.286 bits per heavy atom. The van der Waals surface area contributed by atoms with Crippen LogP contribution in [0.15, 0.2) is 0 Å². The zero-order valence-electron chi connectivity index (χ0n) is 50.5. The number of hydrogen-bond acceptors (Lipinski definition) is 35. The smallest absolute Gasteiger partial charge is 0.187 e. The number of halogens is 1. The molecule has 22 aliphatic heterocycles. The summed E-state index contributed by atoms with van der Waals surface area (Å²) < 4.78 is 80.7. The molecule has 0 radical (unpaired) electrons. The summed E-state index contributed by atoms with van der Waals surface area (Å²) in [7, 11) is 4.83. The summed E-state index contributed by atoms with van der Waals surface area (Å²) in [5.74, 6) is 0. The highest BCUT2D eigenvalue weighted by Crippen LogP contribution is 2.54. The first-order valence-electron chi connectivity index (χ1n) is 30.2. The fourth-order valence-electron chi connectivity index (χ4n) is 14.7. The molecule has 23 fully saturated rings. The Kier molecular flexibility index (Phi) is 25.8. The molecule has 0 aromatic rings. The normalized spacial score (nSPS) is 53.5. The molecule has 91 heavy (non-hydrogen) atoms. The molecule has 36 nitrogen and oxygen atoms in total. The van der Waals surface area contributed by atoms with Crippen molar-refractivity contribution in [2.45, 2.75) is 261 Å². The molecule has 22 heterocycles. The molecular weight excluding hydrogens is 1350 g/mol. The van der Waals surface area contributed by atoms with Crippen LogP contribution in [-0.4, -0.2) is 400 Å². The predicted molar refractivity (Wildman–Crippen MR) is 285 cm³/mol. The van der Waals surface area contributed by atoms with Crippen molar-refractivity contribution in [3.8, 4) is 0 Å². The summed E-state index contributed by atoms with van der Waals surface area (Å²) in [6, 6.07) is 0.925. The average Bonchev–Trinajstić information content (AvgIpc) is 1.81. The van der Waals surface area contributed by atoms with Crippen molar-refractivity contribution < 1.29 is 202 Å². The number of quaternary nitrogens is 1. The second-order valence-corrected chi connectivity index (χ2v) is 26.8. The number of aliphatic hydroxyl groups is 21. The van der Waals surface area contributed by atoms with Crippen molar-refractivity contribution in [1.29, 1.82) is 0 Å². The van der Waals surface area contributed by atoms with Crippen molar-refractivity contribution in [2.24, 2.45) is 10.8 Å². The van der Waals surface area contributed by atoms with E-state index in [9.17, 15) is 107 Å². The summed E-state index contributed by atoms with van der Waals surface area (Å²) in [6.07, 6.45) is -65.9. The van der Waals surface area contributed by atoms with Crippen LogP contribution >= 0.6 is 0 Å². The van der Waals surface area contributed by atoms with E-state index in [0.29, 0.717) is 10.8 Å². The lowest BCUT2D eigenvalue weighted by molar-refractivity contribution is -0.904. The maximum atomic E-state index is 11.3. The van der Waals surface area contributed by atoms with E-state index in [4.69, 9.17) is 66.3 Å². The maximum absolute atomic E-state index is 11.3. The van der Waals surface area contributed by atoms with E-state index in [2.05, 4.69) is 34.9 Å². The third-order valence-electron chi connectivity index (χ3n) is 19.0. The lowest BCUT2D eigenvalue weighted by Gasteiger charge is -2.50. The van der Waals surface area contributed by atoms with Gasteiger partial charge in [0.1, 0.15) is 171 Å². The predicted octanol–water partition coefficient (Wildman–Crippen LogP) is -15.6. The standard InChI is InChI=1S/C42H70O35.C12H24N.HI/c43-1-8-29-15(50)22(57)36(64-8)72-30-9(2-44)66-38(24(59)17(30)52)74-32-11(4-46)68-40(26(61)19(32)54)76-34-13(6-48)70-42(28(63)21(34)56)77-35-14(7-49)69-41(27(62)20(35)55)75-33-12(5-47)67-39(25(60)18(33)53)73-31-10(3-45)65-37(71-29)23(58)16(31)51;1-11(2)6-10-7-12(3,8-11)9-13(10,4)5;/h8-63H,1-7H2;10H,6-9H2,1-5H3;1H/q;+1;/p-1/t8-,9-,10-,11-,12-,13-,14-,15-,16-,17-,18-,19-,20-,21-,22-,23-,24-,25-,26-,27-,28-,29-,30-,31-,32-,33-,34-,35-,36-,37-,38-,39-,40-,41-,42-;;/m1../s1. The lowest BCUT2D eigenvalue weighted by atomic mass is 9.65. The molecule has 23 rings (SSSR count). The SMILES string of the molecule is CC1(C)CC2CC(C)(C1)C[N+]2(C)C.OC[C@H]1O[C@@H]2O[C@H]3[C@H](O)[C@@H](O)[C@@H](O[C@H]4[C@H](O)[C@@H](O)[C@@H](O[C@H]5[C@H](O)[C@@H](O)[C@@H](O[C@H]6[C@H](O)[C@@H](O)[C@@H](O[C@H]7[C@H](O)[C@@H](O)[C@@H](O[C@H]8[C@H](O)[C@@H](O)[C@@H](O[C@H]1[C@H](O)[C@H]2O)O[C@@H]8CO)O[C@@H]7CO)O[C@@H]6CO)O[C@@H]5CO)O[C@@H]4CO)O[C@@H]3CO.[I-]. The summed E-state index contributed by atoms with van der Waals surface area (Å²) in [6.45, 7) is 1.45. The van der Waals surface area contributed by atoms with E-state index in [1.807, 2.05) is 0 Å². The Morgan fingerprint density at radius 2 is 0.462 bits per heavy atom. The minimum absolute atomic E-state index is 0. The highest BCUT2D eigenvalue weighted by atomic mass is 127. The second kappa shape index (κ2) is 30.8. The van der Waals surface area contributed by atoms with Crippen molar-refractivity contribution in [1.82, 2.24) is 0 Å². The van der Waals surface area contributed by atoms with Crippen LogP contribution in [0.4, 0.5) is 0 Å². The van der Waals surface area contributed by atoms with Crippen LogP contribution in [0.1, 0.15) is 40.0 Å². The number of aliphatic hydroxyl groups excluding tert-OH is 21. The number of ether oxygens (including phenoxy) is 14. The topological polar surface area (TPSA) is 554 Å². The molecule has 22 saturated heterocycles. The zero-order valence-corrected chi connectivity index (χ0v) is 52.7. The van der Waals surface area contributed by atoms with Crippen LogP contribution in [0, 0.1) is 10.8 Å². The summed E-state index contributed by atoms with van der Waals surface area (Å²) >= 11 is 0. The Balaban J connectivity index is 0.000000673. The highest BCUT2D eigenvalue weighted by molar-refractivity contribution is 5.02. The van der Waals surface area contributed by atoms with Gasteiger partial charge in [-0.3, -0.25) is 0 Å². The fraction of sp³-hybridized carbons (Fsp3) is 1.00. The molecule has 0 spiro atoms. The van der Waals surface area contributed by atoms with E-state index >= 15 is 0 Å². The van der Waals surface area contributed by atoms with Gasteiger partial charge in [0.2, 0.25) is 0 Å². The van der Waals surface area contributed by atoms with Gasteiger partial charge in [-0.25, -0.2) is 0 Å². The van der Waals surface area contributed by atoms with Gasteiger partial charge in [-0.1, -0.05) is 20.8 Å². The Labute approximate surface area is 538 Å². The molecule has 0 aromatic heterocycles. The van der Waals surface area contributed by atoms with Gasteiger partial charge >= 0.3 is 0 Å². The average molecular weight is 1440 g/mol. The van der Waals surface area contributed by atoms with Gasteiger partial charge in [-0.15, -0.1) is 0 Å². The molecule has 37 heteroatoms. The summed E-state index contributed by atoms with van der Waals surface area (Å²) in [5, 5.41) is 230. The van der Waals surface area contributed by atoms with Gasteiger partial charge in [0.15, 0.2) is 44.0 Å². The minimum Gasteiger partial charge on any atom is -1.00 e. The van der Waals surface area contributed by atoms with Gasteiger partial charge in [0.05, 0.1) is 72.9 Å². The quantitative estimate of drug-likeness (QED) is 0.0831. The van der Waals surface area contributed by atoms with E-state index in [1.54, 1.807) is 0 Å². The molecule has 23 aliphatic rings. The molecule has 0 aromatic carbocycles. The number of likely N-dealkylation sites (tertiary alicyclic amines) is 1. The number of hydrogen-bond donors (Lipinski definition) is 21. The van der Waals surface area contributed by atoms with Crippen LogP contribution in [0.3, 0.4) is 0 Å². The van der Waals surface area contributed by atoms with Gasteiger partial charge in [-0.05, 0) is 11.8 Å². The zero-order chi connectivity index (χ0) is 66.0. The summed E-state index contributed by atoms with van der Waals surface area (Å²) in [4.78, 5) is 0. The van der Waals surface area contributed by atoms with Crippen LogP contribution in [0.25, 0.3) is 0 Å². The molecular formula is C54H94INO35. The summed E-state index contributed by atoms with van der Waals surface area (Å²) in [5.41, 5.74) is 1.22.